The van der Waals surface area contributed by atoms with Crippen molar-refractivity contribution < 1.29 is 8.95 Å². The van der Waals surface area contributed by atoms with Gasteiger partial charge in [-0.15, -0.1) is 0 Å². The molecule has 0 spiro atoms. The number of nitrogen functional groups attached to an aromatic ring is 1. The molecule has 0 saturated carbocycles. The van der Waals surface area contributed by atoms with Crippen molar-refractivity contribution in [2.24, 2.45) is 0 Å². The number of benzene rings is 2. The second kappa shape index (κ2) is 9.99. The Labute approximate surface area is 219 Å². The minimum atomic E-state index is -2.42. The van der Waals surface area contributed by atoms with E-state index in [1.807, 2.05) is 41.1 Å². The first kappa shape index (κ1) is 25.0. The van der Waals surface area contributed by atoms with Gasteiger partial charge in [0.25, 0.3) is 0 Å². The van der Waals surface area contributed by atoms with E-state index in [1.165, 1.54) is 0 Å². The van der Waals surface area contributed by atoms with Crippen molar-refractivity contribution >= 4 is 21.4 Å². The molecule has 1 fully saturated rings. The van der Waals surface area contributed by atoms with Gasteiger partial charge in [0.15, 0.2) is 0 Å². The molecule has 2 aromatic carbocycles. The van der Waals surface area contributed by atoms with Crippen LogP contribution in [-0.2, 0) is 9.93 Å². The SMILES string of the molecule is COc1cc(N2CCN(C)CC2)ccc1-c1cnc(N)cc1-c1ccnn1-c1cccc([SH](C)(C)=O)c1. The predicted molar refractivity (Wildman–Crippen MR) is 153 cm³/mol. The molecule has 0 radical (unpaired) electrons. The largest absolute Gasteiger partial charge is 0.496 e. The maximum Gasteiger partial charge on any atom is 0.128 e. The lowest BCUT2D eigenvalue weighted by Gasteiger charge is -2.34. The van der Waals surface area contributed by atoms with Gasteiger partial charge in [0, 0.05) is 65.7 Å². The zero-order valence-corrected chi connectivity index (χ0v) is 22.7. The monoisotopic (exact) mass is 518 g/mol. The Morgan fingerprint density at radius 2 is 1.70 bits per heavy atom. The Hall–Kier alpha value is -3.69. The molecule has 4 aromatic rings. The Morgan fingerprint density at radius 1 is 0.919 bits per heavy atom. The molecule has 0 bridgehead atoms. The van der Waals surface area contributed by atoms with Crippen LogP contribution in [0.25, 0.3) is 28.1 Å². The molecule has 1 aliphatic heterocycles. The third-order valence-electron chi connectivity index (χ3n) is 6.88. The minimum Gasteiger partial charge on any atom is -0.496 e. The number of hydrogen-bond acceptors (Lipinski definition) is 7. The summed E-state index contributed by atoms with van der Waals surface area (Å²) >= 11 is 0. The van der Waals surface area contributed by atoms with Crippen molar-refractivity contribution in [3.63, 3.8) is 0 Å². The number of hydrogen-bond donors (Lipinski definition) is 2. The quantitative estimate of drug-likeness (QED) is 0.377. The van der Waals surface area contributed by atoms with E-state index in [0.717, 1.165) is 70.6 Å². The fourth-order valence-corrected chi connectivity index (χ4v) is 5.62. The number of thiol groups is 1. The Kier molecular flexibility index (Phi) is 6.74. The van der Waals surface area contributed by atoms with E-state index in [-0.39, 0.29) is 0 Å². The third kappa shape index (κ3) is 5.10. The Morgan fingerprint density at radius 3 is 2.43 bits per heavy atom. The van der Waals surface area contributed by atoms with Crippen LogP contribution in [0, 0.1) is 0 Å². The van der Waals surface area contributed by atoms with E-state index in [1.54, 1.807) is 32.0 Å². The van der Waals surface area contributed by atoms with E-state index in [2.05, 4.69) is 45.1 Å². The Balaban J connectivity index is 1.59. The van der Waals surface area contributed by atoms with Gasteiger partial charge < -0.3 is 20.3 Å². The molecule has 194 valence electrons. The molecule has 3 heterocycles. The highest BCUT2D eigenvalue weighted by Crippen LogP contribution is 2.40. The van der Waals surface area contributed by atoms with Crippen LogP contribution in [0.15, 0.2) is 71.9 Å². The van der Waals surface area contributed by atoms with Crippen LogP contribution in [0.1, 0.15) is 0 Å². The van der Waals surface area contributed by atoms with Gasteiger partial charge in [-0.1, -0.05) is 16.0 Å². The summed E-state index contributed by atoms with van der Waals surface area (Å²) < 4.78 is 20.5. The predicted octanol–water partition coefficient (Wildman–Crippen LogP) is 3.58. The molecule has 0 amide bonds. The van der Waals surface area contributed by atoms with Crippen molar-refractivity contribution in [1.82, 2.24) is 19.7 Å². The van der Waals surface area contributed by atoms with Gasteiger partial charge in [0.05, 0.1) is 24.7 Å². The van der Waals surface area contributed by atoms with Crippen LogP contribution in [0.4, 0.5) is 11.5 Å². The minimum absolute atomic E-state index is 0.417. The Bertz CT molecular complexity index is 1470. The summed E-state index contributed by atoms with van der Waals surface area (Å²) in [4.78, 5) is 9.94. The van der Waals surface area contributed by atoms with Gasteiger partial charge in [0.1, 0.15) is 11.6 Å². The van der Waals surface area contributed by atoms with Crippen molar-refractivity contribution in [1.29, 1.82) is 0 Å². The van der Waals surface area contributed by atoms with Gasteiger partial charge >= 0.3 is 0 Å². The van der Waals surface area contributed by atoms with Crippen LogP contribution in [-0.4, -0.2) is 76.7 Å². The molecule has 37 heavy (non-hydrogen) atoms. The van der Waals surface area contributed by atoms with E-state index in [0.29, 0.717) is 5.82 Å². The highest BCUT2D eigenvalue weighted by Gasteiger charge is 2.20. The molecular formula is C28H34N6O2S. The molecule has 0 atom stereocenters. The molecule has 9 heteroatoms. The highest BCUT2D eigenvalue weighted by molar-refractivity contribution is 8.01. The second-order valence-corrected chi connectivity index (χ2v) is 13.0. The maximum atomic E-state index is 12.7. The lowest BCUT2D eigenvalue weighted by molar-refractivity contribution is 0.312. The normalized spacial score (nSPS) is 15.1. The maximum absolute atomic E-state index is 12.7. The first-order valence-corrected chi connectivity index (χ1v) is 14.9. The van der Waals surface area contributed by atoms with E-state index >= 15 is 0 Å². The first-order chi connectivity index (χ1) is 17.7. The number of pyridine rings is 1. The second-order valence-electron chi connectivity index (χ2n) is 9.83. The highest BCUT2D eigenvalue weighted by atomic mass is 32.2. The summed E-state index contributed by atoms with van der Waals surface area (Å²) in [7, 11) is 1.42. The van der Waals surface area contributed by atoms with Crippen molar-refractivity contribution in [3.05, 3.63) is 67.0 Å². The summed E-state index contributed by atoms with van der Waals surface area (Å²) in [5.41, 5.74) is 11.7. The molecule has 2 N–H and O–H groups in total. The van der Waals surface area contributed by atoms with Crippen LogP contribution in [0.3, 0.4) is 0 Å². The molecule has 1 saturated heterocycles. The molecule has 0 aliphatic carbocycles. The lowest BCUT2D eigenvalue weighted by atomic mass is 9.98. The summed E-state index contributed by atoms with van der Waals surface area (Å²) in [6.07, 6.45) is 7.09. The number of aromatic nitrogens is 3. The average molecular weight is 519 g/mol. The smallest absolute Gasteiger partial charge is 0.128 e. The number of methoxy groups -OCH3 is 1. The van der Waals surface area contributed by atoms with Gasteiger partial charge in [-0.2, -0.15) is 5.10 Å². The summed E-state index contributed by atoms with van der Waals surface area (Å²) in [5, 5.41) is 4.60. The number of rotatable bonds is 6. The van der Waals surface area contributed by atoms with Gasteiger partial charge in [-0.25, -0.2) is 9.67 Å². The molecule has 5 rings (SSSR count). The van der Waals surface area contributed by atoms with E-state index in [4.69, 9.17) is 10.5 Å². The third-order valence-corrected chi connectivity index (χ3v) is 8.41. The number of ether oxygens (including phenoxy) is 1. The molecule has 2 aromatic heterocycles. The van der Waals surface area contributed by atoms with Crippen molar-refractivity contribution in [2.45, 2.75) is 4.90 Å². The van der Waals surface area contributed by atoms with Crippen LogP contribution < -0.4 is 15.4 Å². The number of nitrogens with two attached hydrogens (primary N) is 1. The summed E-state index contributed by atoms with van der Waals surface area (Å²) in [6.45, 7) is 4.03. The first-order valence-electron chi connectivity index (χ1n) is 12.3. The number of anilines is 2. The van der Waals surface area contributed by atoms with Crippen molar-refractivity contribution in [2.75, 3.05) is 63.5 Å². The van der Waals surface area contributed by atoms with Gasteiger partial charge in [-0.3, -0.25) is 4.21 Å². The molecular weight excluding hydrogens is 484 g/mol. The number of piperazine rings is 1. The van der Waals surface area contributed by atoms with Crippen LogP contribution >= 0.6 is 0 Å². The van der Waals surface area contributed by atoms with Crippen LogP contribution in [0.2, 0.25) is 0 Å². The topological polar surface area (TPSA) is 89.5 Å². The summed E-state index contributed by atoms with van der Waals surface area (Å²) in [6, 6.07) is 17.9. The van der Waals surface area contributed by atoms with Crippen LogP contribution in [0.5, 0.6) is 5.75 Å². The summed E-state index contributed by atoms with van der Waals surface area (Å²) in [5.74, 6) is 1.19. The van der Waals surface area contributed by atoms with Gasteiger partial charge in [-0.05, 0) is 62.0 Å². The molecule has 1 aliphatic rings. The number of likely N-dealkylation sites (N-methyl/N-ethyl adjacent to an activating group) is 1. The van der Waals surface area contributed by atoms with Crippen molar-refractivity contribution in [3.8, 4) is 33.8 Å². The fourth-order valence-electron chi connectivity index (χ4n) is 4.73. The standard InChI is InChI=1S/C28H34N6O2S/c1-32-12-14-33(15-13-32)20-8-9-23(27(17-20)36-2)25-19-30-28(29)18-24(25)26-10-11-31-34(26)21-6-5-7-22(16-21)37(3,4)35/h5-11,16-19,37H,12-15H2,1-4H3,(H2,29,30). The zero-order valence-electron chi connectivity index (χ0n) is 21.8. The van der Waals surface area contributed by atoms with E-state index < -0.39 is 9.93 Å². The average Bonchev–Trinajstić information content (AvgIpc) is 3.38. The lowest BCUT2D eigenvalue weighted by Crippen LogP contribution is -2.44. The molecule has 0 unspecified atom stereocenters. The van der Waals surface area contributed by atoms with Gasteiger partial charge in [0.2, 0.25) is 0 Å². The van der Waals surface area contributed by atoms with E-state index in [9.17, 15) is 4.21 Å². The molecule has 8 nitrogen and oxygen atoms in total. The number of nitrogens with zero attached hydrogens (tertiary/aromatic N) is 5. The zero-order chi connectivity index (χ0) is 26.2. The fraction of sp³-hybridized carbons (Fsp3) is 0.286.